The van der Waals surface area contributed by atoms with Crippen molar-refractivity contribution in [3.05, 3.63) is 47.5 Å². The second-order valence-electron chi connectivity index (χ2n) is 4.76. The number of para-hydroxylation sites is 2. The maximum Gasteiger partial charge on any atom is 0.165 e. The lowest BCUT2D eigenvalue weighted by Gasteiger charge is -2.11. The van der Waals surface area contributed by atoms with Gasteiger partial charge in [0.1, 0.15) is 11.6 Å². The van der Waals surface area contributed by atoms with Gasteiger partial charge in [0.15, 0.2) is 5.82 Å². The predicted octanol–water partition coefficient (Wildman–Crippen LogP) is 3.03. The Morgan fingerprint density at radius 2 is 1.91 bits per heavy atom. The van der Waals surface area contributed by atoms with E-state index in [1.165, 1.54) is 0 Å². The number of fused-ring (bicyclic) bond motifs is 1. The molecule has 22 heavy (non-hydrogen) atoms. The molecule has 0 radical (unpaired) electrons. The van der Waals surface area contributed by atoms with Crippen LogP contribution < -0.4 is 11.1 Å². The lowest BCUT2D eigenvalue weighted by molar-refractivity contribution is 0.477. The number of hydrogen-bond acceptors (Lipinski definition) is 5. The first-order valence-corrected chi connectivity index (χ1v) is 7.27. The molecule has 0 bridgehead atoms. The number of anilines is 1. The number of halogens is 1. The van der Waals surface area contributed by atoms with Crippen LogP contribution in [-0.4, -0.2) is 28.2 Å². The number of benzene rings is 2. The second kappa shape index (κ2) is 6.17. The third-order valence-electron chi connectivity index (χ3n) is 3.26. The molecule has 6 heteroatoms. The van der Waals surface area contributed by atoms with Crippen LogP contribution in [0.3, 0.4) is 0 Å². The molecule has 0 fully saturated rings. The van der Waals surface area contributed by atoms with Gasteiger partial charge in [-0.05, 0) is 24.3 Å². The van der Waals surface area contributed by atoms with Crippen LogP contribution in [0.25, 0.3) is 22.3 Å². The van der Waals surface area contributed by atoms with Crippen molar-refractivity contribution in [1.29, 1.82) is 0 Å². The largest absolute Gasteiger partial charge is 0.507 e. The van der Waals surface area contributed by atoms with Gasteiger partial charge in [0.2, 0.25) is 0 Å². The van der Waals surface area contributed by atoms with Crippen molar-refractivity contribution in [1.82, 2.24) is 9.97 Å². The van der Waals surface area contributed by atoms with E-state index in [9.17, 15) is 5.11 Å². The number of aromatic nitrogens is 2. The van der Waals surface area contributed by atoms with Gasteiger partial charge in [0, 0.05) is 18.5 Å². The predicted molar refractivity (Wildman–Crippen MR) is 89.2 cm³/mol. The molecule has 0 unspecified atom stereocenters. The Labute approximate surface area is 132 Å². The Kier molecular flexibility index (Phi) is 4.09. The standard InChI is InChI=1S/C16H15ClN4O/c17-12-6-3-5-11-14(12)20-16(21-15(11)19-9-8-18)10-4-1-2-7-13(10)22/h1-7,22H,8-9,18H2,(H,19,20,21). The first-order chi connectivity index (χ1) is 10.7. The highest BCUT2D eigenvalue weighted by atomic mass is 35.5. The summed E-state index contributed by atoms with van der Waals surface area (Å²) in [5, 5.41) is 14.6. The fourth-order valence-corrected chi connectivity index (χ4v) is 2.44. The van der Waals surface area contributed by atoms with Crippen molar-refractivity contribution in [3.8, 4) is 17.1 Å². The summed E-state index contributed by atoms with van der Waals surface area (Å²) in [4.78, 5) is 9.01. The van der Waals surface area contributed by atoms with Crippen molar-refractivity contribution in [2.24, 2.45) is 5.73 Å². The first kappa shape index (κ1) is 14.6. The smallest absolute Gasteiger partial charge is 0.165 e. The Bertz CT molecular complexity index is 822. The number of phenolic OH excluding ortho intramolecular Hbond substituents is 1. The van der Waals surface area contributed by atoms with E-state index in [1.54, 1.807) is 24.3 Å². The van der Waals surface area contributed by atoms with Crippen LogP contribution in [0.1, 0.15) is 0 Å². The zero-order chi connectivity index (χ0) is 15.5. The maximum atomic E-state index is 10.0. The van der Waals surface area contributed by atoms with Crippen LogP contribution in [0.5, 0.6) is 5.75 Å². The minimum atomic E-state index is 0.124. The summed E-state index contributed by atoms with van der Waals surface area (Å²) < 4.78 is 0. The molecule has 0 saturated carbocycles. The number of hydrogen-bond donors (Lipinski definition) is 3. The number of nitrogens with one attached hydrogen (secondary N) is 1. The van der Waals surface area contributed by atoms with E-state index in [4.69, 9.17) is 17.3 Å². The van der Waals surface area contributed by atoms with E-state index in [-0.39, 0.29) is 5.75 Å². The van der Waals surface area contributed by atoms with Gasteiger partial charge in [-0.3, -0.25) is 0 Å². The van der Waals surface area contributed by atoms with E-state index in [0.717, 1.165) is 5.39 Å². The van der Waals surface area contributed by atoms with E-state index >= 15 is 0 Å². The molecule has 0 amide bonds. The molecule has 1 heterocycles. The minimum Gasteiger partial charge on any atom is -0.507 e. The second-order valence-corrected chi connectivity index (χ2v) is 5.17. The zero-order valence-electron chi connectivity index (χ0n) is 11.8. The summed E-state index contributed by atoms with van der Waals surface area (Å²) in [5.41, 5.74) is 6.74. The summed E-state index contributed by atoms with van der Waals surface area (Å²) in [5.74, 6) is 1.19. The molecule has 3 aromatic rings. The number of nitrogens with zero attached hydrogens (tertiary/aromatic N) is 2. The molecule has 0 atom stereocenters. The Hall–Kier alpha value is -2.37. The van der Waals surface area contributed by atoms with E-state index in [2.05, 4.69) is 15.3 Å². The van der Waals surface area contributed by atoms with Gasteiger partial charge >= 0.3 is 0 Å². The van der Waals surface area contributed by atoms with Gasteiger partial charge in [0.05, 0.1) is 16.1 Å². The van der Waals surface area contributed by atoms with Crippen LogP contribution in [-0.2, 0) is 0 Å². The van der Waals surface area contributed by atoms with Gasteiger partial charge in [-0.25, -0.2) is 9.97 Å². The number of aromatic hydroxyl groups is 1. The lowest BCUT2D eigenvalue weighted by Crippen LogP contribution is -2.14. The third-order valence-corrected chi connectivity index (χ3v) is 3.56. The van der Waals surface area contributed by atoms with Gasteiger partial charge in [-0.15, -0.1) is 0 Å². The van der Waals surface area contributed by atoms with Crippen LogP contribution in [0.15, 0.2) is 42.5 Å². The molecule has 112 valence electrons. The van der Waals surface area contributed by atoms with Crippen molar-refractivity contribution in [2.45, 2.75) is 0 Å². The summed E-state index contributed by atoms with van der Waals surface area (Å²) >= 11 is 6.26. The summed E-state index contributed by atoms with van der Waals surface area (Å²) in [6, 6.07) is 12.5. The molecule has 0 saturated heterocycles. The summed E-state index contributed by atoms with van der Waals surface area (Å²) in [6.45, 7) is 1.07. The Morgan fingerprint density at radius 3 is 2.68 bits per heavy atom. The van der Waals surface area contributed by atoms with Crippen molar-refractivity contribution < 1.29 is 5.11 Å². The van der Waals surface area contributed by atoms with Crippen LogP contribution in [0, 0.1) is 0 Å². The molecule has 1 aromatic heterocycles. The molecule has 0 spiro atoms. The van der Waals surface area contributed by atoms with Crippen LogP contribution in [0.2, 0.25) is 5.02 Å². The maximum absolute atomic E-state index is 10.0. The average molecular weight is 315 g/mol. The van der Waals surface area contributed by atoms with E-state index < -0.39 is 0 Å². The number of rotatable bonds is 4. The topological polar surface area (TPSA) is 84.1 Å². The molecular weight excluding hydrogens is 300 g/mol. The van der Waals surface area contributed by atoms with Crippen LogP contribution in [0.4, 0.5) is 5.82 Å². The van der Waals surface area contributed by atoms with Crippen LogP contribution >= 0.6 is 11.6 Å². The molecule has 4 N–H and O–H groups in total. The molecular formula is C16H15ClN4O. The molecule has 0 aliphatic rings. The van der Waals surface area contributed by atoms with Gasteiger partial charge in [0.25, 0.3) is 0 Å². The molecule has 5 nitrogen and oxygen atoms in total. The lowest BCUT2D eigenvalue weighted by atomic mass is 10.1. The van der Waals surface area contributed by atoms with E-state index in [0.29, 0.717) is 40.8 Å². The van der Waals surface area contributed by atoms with Crippen molar-refractivity contribution >= 4 is 28.3 Å². The fourth-order valence-electron chi connectivity index (χ4n) is 2.23. The SMILES string of the molecule is NCCNc1nc(-c2ccccc2O)nc2c(Cl)cccc12. The Balaban J connectivity index is 2.24. The number of nitrogens with two attached hydrogens (primary N) is 1. The molecule has 0 aliphatic heterocycles. The third kappa shape index (κ3) is 2.68. The first-order valence-electron chi connectivity index (χ1n) is 6.89. The Morgan fingerprint density at radius 1 is 1.09 bits per heavy atom. The molecule has 3 rings (SSSR count). The highest BCUT2D eigenvalue weighted by molar-refractivity contribution is 6.35. The summed E-state index contributed by atoms with van der Waals surface area (Å²) in [6.07, 6.45) is 0. The fraction of sp³-hybridized carbons (Fsp3) is 0.125. The van der Waals surface area contributed by atoms with Crippen molar-refractivity contribution in [3.63, 3.8) is 0 Å². The van der Waals surface area contributed by atoms with Gasteiger partial charge in [-0.1, -0.05) is 29.8 Å². The average Bonchev–Trinajstić information content (AvgIpc) is 2.53. The summed E-state index contributed by atoms with van der Waals surface area (Å²) in [7, 11) is 0. The highest BCUT2D eigenvalue weighted by Crippen LogP contribution is 2.32. The molecule has 2 aromatic carbocycles. The number of phenols is 1. The van der Waals surface area contributed by atoms with E-state index in [1.807, 2.05) is 18.2 Å². The quantitative estimate of drug-likeness (QED) is 0.689. The van der Waals surface area contributed by atoms with Gasteiger partial charge in [-0.2, -0.15) is 0 Å². The minimum absolute atomic E-state index is 0.124. The highest BCUT2D eigenvalue weighted by Gasteiger charge is 2.13. The van der Waals surface area contributed by atoms with Crippen molar-refractivity contribution in [2.75, 3.05) is 18.4 Å². The van der Waals surface area contributed by atoms with Gasteiger partial charge < -0.3 is 16.2 Å². The zero-order valence-corrected chi connectivity index (χ0v) is 12.5. The molecule has 0 aliphatic carbocycles. The monoisotopic (exact) mass is 314 g/mol. The normalized spacial score (nSPS) is 10.8.